The summed E-state index contributed by atoms with van der Waals surface area (Å²) in [6.45, 7) is 11.9. The quantitative estimate of drug-likeness (QED) is 0.712. The van der Waals surface area contributed by atoms with Crippen LogP contribution in [0.1, 0.15) is 41.5 Å². The first-order chi connectivity index (χ1) is 8.65. The van der Waals surface area contributed by atoms with Gasteiger partial charge in [0.15, 0.2) is 0 Å². The van der Waals surface area contributed by atoms with E-state index in [0.717, 1.165) is 0 Å². The van der Waals surface area contributed by atoms with Crippen molar-refractivity contribution in [2.75, 3.05) is 20.2 Å². The summed E-state index contributed by atoms with van der Waals surface area (Å²) in [6.07, 6.45) is 0. The van der Waals surface area contributed by atoms with Crippen molar-refractivity contribution >= 4 is 11.9 Å². The Kier molecular flexibility index (Phi) is 7.05. The summed E-state index contributed by atoms with van der Waals surface area (Å²) in [7, 11) is 1.88. The first-order valence-electron chi connectivity index (χ1n) is 6.83. The monoisotopic (exact) mass is 272 g/mol. The molecule has 0 rings (SSSR count). The van der Waals surface area contributed by atoms with Gasteiger partial charge in [-0.2, -0.15) is 0 Å². The van der Waals surface area contributed by atoms with Gasteiger partial charge in [-0.25, -0.2) is 4.79 Å². The van der Waals surface area contributed by atoms with E-state index in [-0.39, 0.29) is 30.4 Å². The number of nitrogens with one attached hydrogen (secondary N) is 1. The molecule has 1 amide bonds. The smallest absolute Gasteiger partial charge is 0.331 e. The summed E-state index contributed by atoms with van der Waals surface area (Å²) < 4.78 is 5.05. The van der Waals surface area contributed by atoms with Crippen LogP contribution in [0.25, 0.3) is 0 Å². The van der Waals surface area contributed by atoms with E-state index in [1.165, 1.54) is 0 Å². The summed E-state index contributed by atoms with van der Waals surface area (Å²) >= 11 is 0. The van der Waals surface area contributed by atoms with Gasteiger partial charge in [0.05, 0.1) is 13.2 Å². The van der Waals surface area contributed by atoms with E-state index in [4.69, 9.17) is 4.74 Å². The molecule has 0 unspecified atom stereocenters. The summed E-state index contributed by atoms with van der Waals surface area (Å²) in [5.74, 6) is -0.592. The van der Waals surface area contributed by atoms with Crippen LogP contribution in [-0.2, 0) is 14.3 Å². The lowest BCUT2D eigenvalue weighted by atomic mass is 9.88. The van der Waals surface area contributed by atoms with E-state index in [2.05, 4.69) is 5.32 Å². The third-order valence-electron chi connectivity index (χ3n) is 3.53. The van der Waals surface area contributed by atoms with Crippen molar-refractivity contribution in [3.05, 3.63) is 0 Å². The summed E-state index contributed by atoms with van der Waals surface area (Å²) in [5, 5.41) is 2.81. The van der Waals surface area contributed by atoms with Gasteiger partial charge in [0.2, 0.25) is 5.91 Å². The molecule has 0 aromatic carbocycles. The zero-order valence-corrected chi connectivity index (χ0v) is 13.2. The lowest BCUT2D eigenvalue weighted by Crippen LogP contribution is -2.58. The normalized spacial score (nSPS) is 14.6. The molecule has 1 N–H and O–H groups in total. The molecular weight excluding hydrogens is 244 g/mol. The highest BCUT2D eigenvalue weighted by Gasteiger charge is 2.39. The summed E-state index contributed by atoms with van der Waals surface area (Å²) in [4.78, 5) is 26.0. The van der Waals surface area contributed by atoms with Crippen LogP contribution in [0, 0.1) is 5.92 Å². The fraction of sp³-hybridized carbons (Fsp3) is 0.857. The van der Waals surface area contributed by atoms with Crippen molar-refractivity contribution in [3.8, 4) is 0 Å². The highest BCUT2D eigenvalue weighted by atomic mass is 16.5. The number of hydrogen-bond acceptors (Lipinski definition) is 4. The number of hydrogen-bond donors (Lipinski definition) is 1. The topological polar surface area (TPSA) is 58.6 Å². The van der Waals surface area contributed by atoms with E-state index < -0.39 is 5.54 Å². The number of carbonyl (C=O) groups is 2. The molecule has 0 saturated carbocycles. The second kappa shape index (κ2) is 7.48. The number of carbonyl (C=O) groups excluding carboxylic acids is 2. The number of likely N-dealkylation sites (N-methyl/N-ethyl adjacent to an activating group) is 1. The van der Waals surface area contributed by atoms with Gasteiger partial charge in [-0.15, -0.1) is 0 Å². The molecule has 0 saturated heterocycles. The standard InChI is InChI=1S/C14H28N2O3/c1-8-19-13(18)14(6,10(2)3)15-12(17)9-16(7)11(4)5/h10-11H,8-9H2,1-7H3,(H,15,17)/t14-/m1/s1. The maximum Gasteiger partial charge on any atom is 0.331 e. The molecule has 0 bridgehead atoms. The minimum absolute atomic E-state index is 0.0418. The minimum Gasteiger partial charge on any atom is -0.464 e. The molecule has 19 heavy (non-hydrogen) atoms. The average molecular weight is 272 g/mol. The lowest BCUT2D eigenvalue weighted by Gasteiger charge is -2.33. The molecule has 1 atom stereocenters. The number of esters is 1. The van der Waals surface area contributed by atoms with Crippen LogP contribution in [0.15, 0.2) is 0 Å². The van der Waals surface area contributed by atoms with Gasteiger partial charge in [0.25, 0.3) is 0 Å². The predicted molar refractivity (Wildman–Crippen MR) is 75.8 cm³/mol. The Morgan fingerprint density at radius 1 is 1.26 bits per heavy atom. The Hall–Kier alpha value is -1.10. The van der Waals surface area contributed by atoms with Gasteiger partial charge < -0.3 is 10.1 Å². The second-order valence-corrected chi connectivity index (χ2v) is 5.63. The molecule has 0 aliphatic heterocycles. The molecule has 112 valence electrons. The van der Waals surface area contributed by atoms with Crippen LogP contribution in [0.4, 0.5) is 0 Å². The molecule has 0 radical (unpaired) electrons. The largest absolute Gasteiger partial charge is 0.464 e. The van der Waals surface area contributed by atoms with Crippen LogP contribution in [0.2, 0.25) is 0 Å². The summed E-state index contributed by atoms with van der Waals surface area (Å²) in [5.41, 5.74) is -0.981. The van der Waals surface area contributed by atoms with Gasteiger partial charge in [-0.3, -0.25) is 9.69 Å². The molecule has 0 aromatic rings. The van der Waals surface area contributed by atoms with Crippen molar-refractivity contribution < 1.29 is 14.3 Å². The first kappa shape index (κ1) is 17.9. The Morgan fingerprint density at radius 2 is 1.79 bits per heavy atom. The van der Waals surface area contributed by atoms with E-state index in [9.17, 15) is 9.59 Å². The highest BCUT2D eigenvalue weighted by Crippen LogP contribution is 2.18. The minimum atomic E-state index is -0.981. The fourth-order valence-electron chi connectivity index (χ4n) is 1.45. The number of nitrogens with zero attached hydrogens (tertiary/aromatic N) is 1. The van der Waals surface area contributed by atoms with Crippen molar-refractivity contribution in [3.63, 3.8) is 0 Å². The molecule has 0 aliphatic rings. The van der Waals surface area contributed by atoms with Crippen LogP contribution >= 0.6 is 0 Å². The molecule has 0 heterocycles. The number of rotatable bonds is 7. The van der Waals surface area contributed by atoms with E-state index in [1.807, 2.05) is 39.6 Å². The molecule has 5 nitrogen and oxygen atoms in total. The Balaban J connectivity index is 4.76. The van der Waals surface area contributed by atoms with Crippen molar-refractivity contribution in [2.24, 2.45) is 5.92 Å². The lowest BCUT2D eigenvalue weighted by molar-refractivity contribution is -0.154. The highest BCUT2D eigenvalue weighted by molar-refractivity contribution is 5.88. The second-order valence-electron chi connectivity index (χ2n) is 5.63. The maximum absolute atomic E-state index is 12.0. The van der Waals surface area contributed by atoms with E-state index in [0.29, 0.717) is 6.61 Å². The molecule has 0 spiro atoms. The third-order valence-corrected chi connectivity index (χ3v) is 3.53. The van der Waals surface area contributed by atoms with Crippen LogP contribution in [-0.4, -0.2) is 48.6 Å². The van der Waals surface area contributed by atoms with Gasteiger partial charge in [-0.1, -0.05) is 13.8 Å². The first-order valence-corrected chi connectivity index (χ1v) is 6.83. The Morgan fingerprint density at radius 3 is 2.16 bits per heavy atom. The van der Waals surface area contributed by atoms with Crippen LogP contribution < -0.4 is 5.32 Å². The zero-order chi connectivity index (χ0) is 15.2. The number of amides is 1. The van der Waals surface area contributed by atoms with Crippen molar-refractivity contribution in [2.45, 2.75) is 53.1 Å². The SMILES string of the molecule is CCOC(=O)[C@](C)(NC(=O)CN(C)C(C)C)C(C)C. The zero-order valence-electron chi connectivity index (χ0n) is 13.2. The molecule has 5 heteroatoms. The van der Waals surface area contributed by atoms with E-state index >= 15 is 0 Å². The third kappa shape index (κ3) is 5.19. The van der Waals surface area contributed by atoms with Crippen LogP contribution in [0.5, 0.6) is 0 Å². The fourth-order valence-corrected chi connectivity index (χ4v) is 1.45. The van der Waals surface area contributed by atoms with E-state index in [1.54, 1.807) is 13.8 Å². The predicted octanol–water partition coefficient (Wildman–Crippen LogP) is 1.42. The summed E-state index contributed by atoms with van der Waals surface area (Å²) in [6, 6.07) is 0.277. The van der Waals surface area contributed by atoms with Crippen molar-refractivity contribution in [1.82, 2.24) is 10.2 Å². The molecule has 0 aromatic heterocycles. The molecular formula is C14H28N2O3. The average Bonchev–Trinajstić information content (AvgIpc) is 2.28. The molecule has 0 fully saturated rings. The van der Waals surface area contributed by atoms with Gasteiger partial charge in [0.1, 0.15) is 5.54 Å². The number of ether oxygens (including phenoxy) is 1. The Labute approximate surface area is 116 Å². The van der Waals surface area contributed by atoms with Gasteiger partial charge >= 0.3 is 5.97 Å². The van der Waals surface area contributed by atoms with Gasteiger partial charge in [0, 0.05) is 6.04 Å². The molecule has 0 aliphatic carbocycles. The van der Waals surface area contributed by atoms with Crippen LogP contribution in [0.3, 0.4) is 0 Å². The van der Waals surface area contributed by atoms with Gasteiger partial charge in [-0.05, 0) is 40.7 Å². The maximum atomic E-state index is 12.0. The Bertz CT molecular complexity index is 316. The van der Waals surface area contributed by atoms with Crippen molar-refractivity contribution in [1.29, 1.82) is 0 Å².